The van der Waals surface area contributed by atoms with Gasteiger partial charge in [0.25, 0.3) is 5.56 Å². The van der Waals surface area contributed by atoms with Gasteiger partial charge in [-0.15, -0.1) is 0 Å². The number of aryl methyl sites for hydroxylation is 1. The summed E-state index contributed by atoms with van der Waals surface area (Å²) < 4.78 is 12.8. The van der Waals surface area contributed by atoms with Crippen LogP contribution in [-0.4, -0.2) is 30.1 Å². The lowest BCUT2D eigenvalue weighted by molar-refractivity contribution is 0.234. The van der Waals surface area contributed by atoms with Crippen LogP contribution in [0.25, 0.3) is 22.1 Å². The predicted octanol–water partition coefficient (Wildman–Crippen LogP) is 2.77. The first-order valence-corrected chi connectivity index (χ1v) is 11.0. The minimum absolute atomic E-state index is 0.199. The van der Waals surface area contributed by atoms with E-state index in [1.54, 1.807) is 31.9 Å². The van der Waals surface area contributed by atoms with Crippen LogP contribution in [-0.2, 0) is 7.05 Å². The maximum Gasteiger partial charge on any atom is 0.293 e. The van der Waals surface area contributed by atoms with E-state index in [0.29, 0.717) is 34.8 Å². The van der Waals surface area contributed by atoms with Gasteiger partial charge in [-0.2, -0.15) is 0 Å². The van der Waals surface area contributed by atoms with E-state index in [0.717, 1.165) is 11.1 Å². The number of nitrogens with zero attached hydrogens (tertiary/aromatic N) is 1. The second-order valence-electron chi connectivity index (χ2n) is 7.21. The Hall–Kier alpha value is -2.35. The summed E-state index contributed by atoms with van der Waals surface area (Å²) in [6.07, 6.45) is 5.63. The Morgan fingerprint density at radius 2 is 2.15 bits per heavy atom. The molecule has 0 amide bonds. The Morgan fingerprint density at radius 1 is 1.37 bits per heavy atom. The molecule has 2 heterocycles. The summed E-state index contributed by atoms with van der Waals surface area (Å²) in [5.41, 5.74) is 1.41. The smallest absolute Gasteiger partial charge is 0.293 e. The monoisotopic (exact) mass is 384 g/mol. The van der Waals surface area contributed by atoms with E-state index >= 15 is 0 Å². The SMILES string of the molecule is Cn1cc(-c2cc(OCC3CC3)cc(C(O)[Si](C)O)c2)c2ccoc2c1=O. The molecular weight excluding hydrogens is 362 g/mol. The maximum atomic E-state index is 12.3. The molecule has 6 nitrogen and oxygen atoms in total. The number of aliphatic hydroxyl groups excluding tert-OH is 1. The summed E-state index contributed by atoms with van der Waals surface area (Å²) in [6, 6.07) is 7.30. The molecule has 2 aromatic heterocycles. The van der Waals surface area contributed by atoms with Crippen molar-refractivity contribution in [3.63, 3.8) is 0 Å². The van der Waals surface area contributed by atoms with Crippen LogP contribution in [0.3, 0.4) is 0 Å². The molecule has 1 aliphatic rings. The summed E-state index contributed by atoms with van der Waals surface area (Å²) in [5.74, 6) is 1.26. The van der Waals surface area contributed by atoms with E-state index in [1.165, 1.54) is 23.7 Å². The minimum Gasteiger partial charge on any atom is -0.493 e. The van der Waals surface area contributed by atoms with Crippen LogP contribution < -0.4 is 10.3 Å². The Bertz CT molecular complexity index is 1030. The third-order valence-electron chi connectivity index (χ3n) is 4.93. The number of hydrogen-bond donors (Lipinski definition) is 2. The molecule has 3 aromatic rings. The van der Waals surface area contributed by atoms with Gasteiger partial charge in [-0.25, -0.2) is 0 Å². The van der Waals surface area contributed by atoms with E-state index < -0.39 is 14.8 Å². The number of benzene rings is 1. The fraction of sp³-hybridized carbons (Fsp3) is 0.350. The molecule has 7 heteroatoms. The van der Waals surface area contributed by atoms with Gasteiger partial charge >= 0.3 is 0 Å². The minimum atomic E-state index is -1.92. The van der Waals surface area contributed by atoms with E-state index in [4.69, 9.17) is 9.15 Å². The van der Waals surface area contributed by atoms with Crippen molar-refractivity contribution in [3.05, 3.63) is 52.6 Å². The molecule has 2 N–H and O–H groups in total. The molecule has 141 valence electrons. The Kier molecular flexibility index (Phi) is 4.67. The van der Waals surface area contributed by atoms with E-state index in [2.05, 4.69) is 0 Å². The number of aromatic nitrogens is 1. The lowest BCUT2D eigenvalue weighted by Crippen LogP contribution is -2.19. The number of furan rings is 1. The Balaban J connectivity index is 1.84. The first-order chi connectivity index (χ1) is 12.9. The average molecular weight is 384 g/mol. The Labute approximate surface area is 158 Å². The zero-order valence-corrected chi connectivity index (χ0v) is 16.3. The lowest BCUT2D eigenvalue weighted by atomic mass is 10.0. The van der Waals surface area contributed by atoms with Gasteiger partial charge in [-0.05, 0) is 60.7 Å². The maximum absolute atomic E-state index is 12.3. The number of rotatable bonds is 6. The topological polar surface area (TPSA) is 84.8 Å². The van der Waals surface area contributed by atoms with Gasteiger partial charge in [0.1, 0.15) is 5.75 Å². The van der Waals surface area contributed by atoms with E-state index in [9.17, 15) is 14.7 Å². The fourth-order valence-electron chi connectivity index (χ4n) is 3.16. The third kappa shape index (κ3) is 3.58. The van der Waals surface area contributed by atoms with Crippen molar-refractivity contribution in [1.29, 1.82) is 0 Å². The first kappa shape index (κ1) is 18.0. The highest BCUT2D eigenvalue weighted by Crippen LogP contribution is 2.35. The second-order valence-corrected chi connectivity index (χ2v) is 9.04. The van der Waals surface area contributed by atoms with Crippen LogP contribution in [0.1, 0.15) is 24.1 Å². The molecule has 0 saturated heterocycles. The highest BCUT2D eigenvalue weighted by molar-refractivity contribution is 6.49. The molecule has 27 heavy (non-hydrogen) atoms. The molecule has 1 atom stereocenters. The number of pyridine rings is 1. The third-order valence-corrected chi connectivity index (χ3v) is 6.05. The van der Waals surface area contributed by atoms with Gasteiger partial charge in [-0.3, -0.25) is 4.79 Å². The number of ether oxygens (including phenoxy) is 1. The largest absolute Gasteiger partial charge is 0.493 e. The molecule has 1 radical (unpaired) electrons. The van der Waals surface area contributed by atoms with Crippen LogP contribution >= 0.6 is 0 Å². The van der Waals surface area contributed by atoms with Gasteiger partial charge in [0.15, 0.2) is 5.58 Å². The molecule has 0 spiro atoms. The molecular formula is C20H22NO5Si. The summed E-state index contributed by atoms with van der Waals surface area (Å²) in [6.45, 7) is 2.30. The van der Waals surface area contributed by atoms with Gasteiger partial charge in [0.05, 0.1) is 18.6 Å². The highest BCUT2D eigenvalue weighted by Gasteiger charge is 2.23. The normalized spacial score (nSPS) is 15.4. The van der Waals surface area contributed by atoms with Gasteiger partial charge in [-0.1, -0.05) is 0 Å². The quantitative estimate of drug-likeness (QED) is 0.639. The van der Waals surface area contributed by atoms with Crippen LogP contribution in [0.4, 0.5) is 0 Å². The van der Waals surface area contributed by atoms with Crippen molar-refractivity contribution in [2.45, 2.75) is 25.1 Å². The molecule has 0 bridgehead atoms. The molecule has 1 unspecified atom stereocenters. The summed E-state index contributed by atoms with van der Waals surface area (Å²) in [7, 11) is -0.239. The first-order valence-electron chi connectivity index (χ1n) is 8.99. The fourth-order valence-corrected chi connectivity index (χ4v) is 3.81. The van der Waals surface area contributed by atoms with Crippen LogP contribution in [0, 0.1) is 5.92 Å². The van der Waals surface area contributed by atoms with E-state index in [1.807, 2.05) is 12.1 Å². The lowest BCUT2D eigenvalue weighted by Gasteiger charge is -2.16. The van der Waals surface area contributed by atoms with E-state index in [-0.39, 0.29) is 5.56 Å². The predicted molar refractivity (Wildman–Crippen MR) is 104 cm³/mol. The van der Waals surface area contributed by atoms with Crippen molar-refractivity contribution >= 4 is 20.0 Å². The highest BCUT2D eigenvalue weighted by atomic mass is 28.3. The zero-order valence-electron chi connectivity index (χ0n) is 15.3. The molecule has 1 saturated carbocycles. The number of aliphatic hydroxyl groups is 1. The van der Waals surface area contributed by atoms with Gasteiger partial charge < -0.3 is 23.6 Å². The van der Waals surface area contributed by atoms with Crippen molar-refractivity contribution in [1.82, 2.24) is 4.57 Å². The van der Waals surface area contributed by atoms with Gasteiger partial charge in [0, 0.05) is 24.2 Å². The van der Waals surface area contributed by atoms with Crippen LogP contribution in [0.5, 0.6) is 5.75 Å². The molecule has 0 aliphatic heterocycles. The van der Waals surface area contributed by atoms with Crippen molar-refractivity contribution in [2.24, 2.45) is 13.0 Å². The standard InChI is InChI=1S/C20H22NO5Si/c1-21-10-17(16-5-6-25-18(16)19(21)22)13-7-14(20(23)27(2)24)9-15(8-13)26-11-12-3-4-12/h5-10,12,20,23-24H,3-4,11H2,1-2H3. The molecule has 1 aliphatic carbocycles. The summed E-state index contributed by atoms with van der Waals surface area (Å²) >= 11 is 0. The summed E-state index contributed by atoms with van der Waals surface area (Å²) in [4.78, 5) is 22.2. The molecule has 1 aromatic carbocycles. The van der Waals surface area contributed by atoms with Crippen molar-refractivity contribution in [3.8, 4) is 16.9 Å². The van der Waals surface area contributed by atoms with Crippen molar-refractivity contribution < 1.29 is 19.1 Å². The molecule has 4 rings (SSSR count). The summed E-state index contributed by atoms with van der Waals surface area (Å²) in [5, 5.41) is 11.1. The van der Waals surface area contributed by atoms with Crippen LogP contribution in [0.2, 0.25) is 6.55 Å². The van der Waals surface area contributed by atoms with Crippen molar-refractivity contribution in [2.75, 3.05) is 6.61 Å². The average Bonchev–Trinajstić information content (AvgIpc) is 3.36. The number of hydrogen-bond acceptors (Lipinski definition) is 5. The molecule has 1 fully saturated rings. The van der Waals surface area contributed by atoms with Gasteiger partial charge in [0.2, 0.25) is 9.04 Å². The Morgan fingerprint density at radius 3 is 2.85 bits per heavy atom. The second kappa shape index (κ2) is 6.99. The number of fused-ring (bicyclic) bond motifs is 1. The zero-order chi connectivity index (χ0) is 19.1. The van der Waals surface area contributed by atoms with Crippen LogP contribution in [0.15, 0.2) is 45.9 Å².